The molecule has 7 heteroatoms. The van der Waals surface area contributed by atoms with Crippen LogP contribution in [0.25, 0.3) is 11.4 Å². The van der Waals surface area contributed by atoms with Crippen molar-refractivity contribution in [1.29, 1.82) is 0 Å². The third kappa shape index (κ3) is 5.11. The minimum absolute atomic E-state index is 0.00695. The first-order valence-corrected chi connectivity index (χ1v) is 10.6. The van der Waals surface area contributed by atoms with Crippen LogP contribution in [0.5, 0.6) is 5.75 Å². The van der Waals surface area contributed by atoms with Gasteiger partial charge in [0, 0.05) is 31.7 Å². The number of piperazine rings is 1. The third-order valence-corrected chi connectivity index (χ3v) is 5.68. The van der Waals surface area contributed by atoms with Gasteiger partial charge in [0.15, 0.2) is 6.61 Å². The predicted octanol–water partition coefficient (Wildman–Crippen LogP) is 3.64. The Morgan fingerprint density at radius 3 is 2.52 bits per heavy atom. The van der Waals surface area contributed by atoms with Crippen molar-refractivity contribution in [3.8, 4) is 17.1 Å². The number of benzene rings is 2. The van der Waals surface area contributed by atoms with Crippen molar-refractivity contribution >= 4 is 5.91 Å². The summed E-state index contributed by atoms with van der Waals surface area (Å²) in [7, 11) is 0. The summed E-state index contributed by atoms with van der Waals surface area (Å²) in [5.41, 5.74) is 3.24. The average Bonchev–Trinajstić information content (AvgIpc) is 3.28. The van der Waals surface area contributed by atoms with Crippen LogP contribution in [0.2, 0.25) is 0 Å². The van der Waals surface area contributed by atoms with Crippen molar-refractivity contribution in [2.24, 2.45) is 0 Å². The second-order valence-corrected chi connectivity index (χ2v) is 8.02. The van der Waals surface area contributed by atoms with Gasteiger partial charge in [-0.15, -0.1) is 0 Å². The summed E-state index contributed by atoms with van der Waals surface area (Å²) >= 11 is 0. The van der Waals surface area contributed by atoms with Gasteiger partial charge in [-0.25, -0.2) is 0 Å². The molecule has 31 heavy (non-hydrogen) atoms. The van der Waals surface area contributed by atoms with Crippen molar-refractivity contribution in [2.45, 2.75) is 26.8 Å². The summed E-state index contributed by atoms with van der Waals surface area (Å²) < 4.78 is 11.2. The summed E-state index contributed by atoms with van der Waals surface area (Å²) in [5.74, 6) is 1.93. The molecule has 7 nitrogen and oxygen atoms in total. The van der Waals surface area contributed by atoms with E-state index in [1.807, 2.05) is 67.3 Å². The molecule has 1 aliphatic rings. The van der Waals surface area contributed by atoms with Crippen LogP contribution < -0.4 is 4.74 Å². The molecule has 0 aliphatic carbocycles. The third-order valence-electron chi connectivity index (χ3n) is 5.68. The molecule has 4 rings (SSSR count). The topological polar surface area (TPSA) is 71.7 Å². The lowest BCUT2D eigenvalue weighted by molar-refractivity contribution is -0.135. The highest BCUT2D eigenvalue weighted by molar-refractivity contribution is 5.77. The number of aryl methyl sites for hydroxylation is 2. The average molecular weight is 421 g/mol. The van der Waals surface area contributed by atoms with E-state index >= 15 is 0 Å². The Morgan fingerprint density at radius 2 is 1.81 bits per heavy atom. The maximum Gasteiger partial charge on any atom is 0.260 e. The Hall–Kier alpha value is -3.19. The van der Waals surface area contributed by atoms with Crippen LogP contribution in [0.3, 0.4) is 0 Å². The molecular weight excluding hydrogens is 392 g/mol. The molecule has 3 aromatic rings. The molecule has 0 N–H and O–H groups in total. The number of ether oxygens (including phenoxy) is 1. The van der Waals surface area contributed by atoms with Crippen molar-refractivity contribution < 1.29 is 14.1 Å². The monoisotopic (exact) mass is 420 g/mol. The van der Waals surface area contributed by atoms with Crippen LogP contribution in [0, 0.1) is 13.8 Å². The van der Waals surface area contributed by atoms with E-state index in [4.69, 9.17) is 9.26 Å². The lowest BCUT2D eigenvalue weighted by Crippen LogP contribution is -2.50. The minimum atomic E-state index is -0.00695. The Morgan fingerprint density at radius 1 is 1.06 bits per heavy atom. The molecule has 1 saturated heterocycles. The van der Waals surface area contributed by atoms with E-state index in [-0.39, 0.29) is 18.6 Å². The molecule has 2 heterocycles. The highest BCUT2D eigenvalue weighted by atomic mass is 16.5. The van der Waals surface area contributed by atoms with Gasteiger partial charge in [0.05, 0.1) is 6.04 Å². The summed E-state index contributed by atoms with van der Waals surface area (Å²) in [6, 6.07) is 15.8. The van der Waals surface area contributed by atoms with Gasteiger partial charge in [-0.2, -0.15) is 4.98 Å². The van der Waals surface area contributed by atoms with Crippen molar-refractivity contribution in [3.63, 3.8) is 0 Å². The zero-order valence-corrected chi connectivity index (χ0v) is 18.2. The van der Waals surface area contributed by atoms with Crippen LogP contribution in [0.4, 0.5) is 0 Å². The van der Waals surface area contributed by atoms with Gasteiger partial charge in [-0.05, 0) is 38.5 Å². The Kier molecular flexibility index (Phi) is 6.32. The van der Waals surface area contributed by atoms with E-state index < -0.39 is 0 Å². The molecule has 0 radical (unpaired) electrons. The van der Waals surface area contributed by atoms with E-state index in [1.165, 1.54) is 5.56 Å². The minimum Gasteiger partial charge on any atom is -0.484 e. The fourth-order valence-corrected chi connectivity index (χ4v) is 3.68. The van der Waals surface area contributed by atoms with Crippen molar-refractivity contribution in [3.05, 3.63) is 65.5 Å². The molecule has 0 saturated carbocycles. The molecule has 1 amide bonds. The van der Waals surface area contributed by atoms with Gasteiger partial charge in [-0.3, -0.25) is 9.69 Å². The molecule has 1 unspecified atom stereocenters. The number of aromatic nitrogens is 2. The molecule has 1 fully saturated rings. The summed E-state index contributed by atoms with van der Waals surface area (Å²) in [6.07, 6.45) is 0. The first-order chi connectivity index (χ1) is 15.0. The van der Waals surface area contributed by atoms with E-state index in [0.717, 1.165) is 30.0 Å². The van der Waals surface area contributed by atoms with Gasteiger partial charge < -0.3 is 14.2 Å². The molecule has 0 bridgehead atoms. The highest BCUT2D eigenvalue weighted by Crippen LogP contribution is 2.24. The molecule has 1 atom stereocenters. The van der Waals surface area contributed by atoms with Crippen LogP contribution in [-0.4, -0.2) is 58.6 Å². The highest BCUT2D eigenvalue weighted by Gasteiger charge is 2.28. The van der Waals surface area contributed by atoms with Crippen LogP contribution in [0.1, 0.15) is 30.0 Å². The number of carbonyl (C=O) groups excluding carboxylic acids is 1. The number of nitrogens with zero attached hydrogens (tertiary/aromatic N) is 4. The van der Waals surface area contributed by atoms with Gasteiger partial charge in [-0.1, -0.05) is 47.1 Å². The lowest BCUT2D eigenvalue weighted by Gasteiger charge is -2.36. The fourth-order valence-electron chi connectivity index (χ4n) is 3.68. The van der Waals surface area contributed by atoms with Gasteiger partial charge >= 0.3 is 0 Å². The molecular formula is C24H28N4O3. The predicted molar refractivity (Wildman–Crippen MR) is 118 cm³/mol. The summed E-state index contributed by atoms with van der Waals surface area (Å²) in [5, 5.41) is 4.14. The standard InChI is InChI=1S/C24H28N4O3/c1-17-7-9-20(10-8-17)23-25-24(31-26-23)19(3)27-11-13-28(14-12-27)22(29)16-30-21-6-4-5-18(2)15-21/h4-10,15,19H,11-14,16H2,1-3H3. The van der Waals surface area contributed by atoms with Crippen LogP contribution in [0.15, 0.2) is 53.1 Å². The van der Waals surface area contributed by atoms with Gasteiger partial charge in [0.25, 0.3) is 5.91 Å². The van der Waals surface area contributed by atoms with E-state index in [9.17, 15) is 4.79 Å². The maximum atomic E-state index is 12.5. The number of carbonyl (C=O) groups is 1. The van der Waals surface area contributed by atoms with Gasteiger partial charge in [0.1, 0.15) is 5.75 Å². The van der Waals surface area contributed by atoms with E-state index in [1.54, 1.807) is 0 Å². The van der Waals surface area contributed by atoms with E-state index in [2.05, 4.69) is 22.0 Å². The second-order valence-electron chi connectivity index (χ2n) is 8.02. The Balaban J connectivity index is 1.29. The zero-order valence-electron chi connectivity index (χ0n) is 18.2. The summed E-state index contributed by atoms with van der Waals surface area (Å²) in [6.45, 7) is 8.97. The summed E-state index contributed by atoms with van der Waals surface area (Å²) in [4.78, 5) is 21.2. The van der Waals surface area contributed by atoms with Crippen molar-refractivity contribution in [1.82, 2.24) is 19.9 Å². The lowest BCUT2D eigenvalue weighted by atomic mass is 10.1. The maximum absolute atomic E-state index is 12.5. The quantitative estimate of drug-likeness (QED) is 0.606. The SMILES string of the molecule is Cc1ccc(-c2noc(C(C)N3CCN(C(=O)COc4cccc(C)c4)CC3)n2)cc1. The van der Waals surface area contributed by atoms with Crippen LogP contribution >= 0.6 is 0 Å². The zero-order chi connectivity index (χ0) is 21.8. The second kappa shape index (κ2) is 9.31. The molecule has 0 spiro atoms. The number of hydrogen-bond donors (Lipinski definition) is 0. The van der Waals surface area contributed by atoms with Crippen LogP contribution in [-0.2, 0) is 4.79 Å². The molecule has 2 aromatic carbocycles. The number of amides is 1. The van der Waals surface area contributed by atoms with Gasteiger partial charge in [0.2, 0.25) is 11.7 Å². The Bertz CT molecular complexity index is 1020. The number of hydrogen-bond acceptors (Lipinski definition) is 6. The molecule has 1 aromatic heterocycles. The Labute approximate surface area is 182 Å². The van der Waals surface area contributed by atoms with E-state index in [0.29, 0.717) is 24.8 Å². The first-order valence-electron chi connectivity index (χ1n) is 10.6. The molecule has 162 valence electrons. The normalized spacial score (nSPS) is 15.6. The fraction of sp³-hybridized carbons (Fsp3) is 0.375. The first kappa shape index (κ1) is 21.1. The number of rotatable bonds is 6. The van der Waals surface area contributed by atoms with Crippen molar-refractivity contribution in [2.75, 3.05) is 32.8 Å². The largest absolute Gasteiger partial charge is 0.484 e. The molecule has 1 aliphatic heterocycles. The smallest absolute Gasteiger partial charge is 0.260 e.